The number of esters is 1. The zero-order valence-corrected chi connectivity index (χ0v) is 24.9. The number of amides is 2. The van der Waals surface area contributed by atoms with Gasteiger partial charge in [-0.2, -0.15) is 0 Å². The lowest BCUT2D eigenvalue weighted by atomic mass is 10.1. The summed E-state index contributed by atoms with van der Waals surface area (Å²) in [7, 11) is 1.29. The average Bonchev–Trinajstić information content (AvgIpc) is 3.62. The van der Waals surface area contributed by atoms with Crippen molar-refractivity contribution in [3.05, 3.63) is 71.8 Å². The highest BCUT2D eigenvalue weighted by molar-refractivity contribution is 5.91. The Morgan fingerprint density at radius 2 is 1.86 bits per heavy atom. The summed E-state index contributed by atoms with van der Waals surface area (Å²) in [6, 6.07) is 15.9. The summed E-state index contributed by atoms with van der Waals surface area (Å²) in [4.78, 5) is 45.1. The summed E-state index contributed by atoms with van der Waals surface area (Å²) in [6.45, 7) is 2.05. The molecule has 1 aromatic heterocycles. The van der Waals surface area contributed by atoms with Gasteiger partial charge in [-0.05, 0) is 62.3 Å². The van der Waals surface area contributed by atoms with E-state index in [0.717, 1.165) is 36.6 Å². The van der Waals surface area contributed by atoms with E-state index in [-0.39, 0.29) is 19.1 Å². The molecule has 2 aromatic carbocycles. The molecule has 1 aliphatic carbocycles. The number of nitrogens with zero attached hydrogens (tertiary/aromatic N) is 2. The van der Waals surface area contributed by atoms with Crippen molar-refractivity contribution in [1.29, 1.82) is 0 Å². The van der Waals surface area contributed by atoms with Crippen molar-refractivity contribution in [2.75, 3.05) is 13.7 Å². The van der Waals surface area contributed by atoms with Crippen molar-refractivity contribution in [3.8, 4) is 11.6 Å². The lowest BCUT2D eigenvalue weighted by molar-refractivity contribution is -0.151. The highest BCUT2D eigenvalue weighted by atomic mass is 16.6. The molecule has 2 bridgehead atoms. The van der Waals surface area contributed by atoms with Crippen molar-refractivity contribution in [3.63, 3.8) is 0 Å². The first-order chi connectivity index (χ1) is 21.4. The third kappa shape index (κ3) is 6.49. The van der Waals surface area contributed by atoms with Gasteiger partial charge in [0.25, 0.3) is 0 Å². The van der Waals surface area contributed by atoms with Crippen molar-refractivity contribution < 1.29 is 33.3 Å². The average molecular weight is 600 g/mol. The first-order valence-electron chi connectivity index (χ1n) is 15.2. The standard InChI is InChI=1S/C34H37N3O7/c1-21-32(38)37-19-24(18-28(37)33(39)41-2)43-31-26(15-8-4-7-13-23-17-29(23)44-34(40)35-21)30(25-14-9-10-16-27(25)36-31)42-20-22-11-5-3-6-12-22/h3,5-6,8-12,14-16,21,23-24,28-29H,4,7,13,17-20H2,1-2H3,(H,35,40). The number of hydrogen-bond acceptors (Lipinski definition) is 8. The number of aromatic nitrogens is 1. The summed E-state index contributed by atoms with van der Waals surface area (Å²) >= 11 is 0. The number of allylic oxidation sites excluding steroid dienone is 1. The molecule has 10 heteroatoms. The monoisotopic (exact) mass is 599 g/mol. The third-order valence-corrected chi connectivity index (χ3v) is 8.42. The van der Waals surface area contributed by atoms with Gasteiger partial charge in [-0.25, -0.2) is 14.6 Å². The molecule has 0 radical (unpaired) electrons. The second-order valence-electron chi connectivity index (χ2n) is 11.6. The van der Waals surface area contributed by atoms with E-state index in [1.165, 1.54) is 12.0 Å². The Labute approximate surface area is 256 Å². The molecule has 2 aliphatic heterocycles. The van der Waals surface area contributed by atoms with Crippen molar-refractivity contribution in [1.82, 2.24) is 15.2 Å². The summed E-state index contributed by atoms with van der Waals surface area (Å²) in [5.41, 5.74) is 2.44. The van der Waals surface area contributed by atoms with Crippen molar-refractivity contribution in [2.45, 2.75) is 69.9 Å². The topological polar surface area (TPSA) is 116 Å². The maximum atomic E-state index is 13.5. The summed E-state index contributed by atoms with van der Waals surface area (Å²) < 4.78 is 23.6. The van der Waals surface area contributed by atoms with E-state index in [2.05, 4.69) is 11.4 Å². The second kappa shape index (κ2) is 13.0. The maximum absolute atomic E-state index is 13.5. The Kier molecular flexibility index (Phi) is 8.67. The molecule has 2 fully saturated rings. The van der Waals surface area contributed by atoms with E-state index < -0.39 is 36.2 Å². The van der Waals surface area contributed by atoms with Crippen molar-refractivity contribution >= 4 is 34.9 Å². The van der Waals surface area contributed by atoms with Crippen LogP contribution in [0.3, 0.4) is 0 Å². The van der Waals surface area contributed by atoms with E-state index in [1.807, 2.05) is 60.7 Å². The Bertz CT molecular complexity index is 1560. The fourth-order valence-corrected chi connectivity index (χ4v) is 5.97. The molecule has 5 atom stereocenters. The second-order valence-corrected chi connectivity index (χ2v) is 11.6. The number of carbonyl (C=O) groups is 3. The highest BCUT2D eigenvalue weighted by Gasteiger charge is 2.44. The van der Waals surface area contributed by atoms with Gasteiger partial charge in [0.05, 0.1) is 24.7 Å². The molecular formula is C34H37N3O7. The predicted octanol–water partition coefficient (Wildman–Crippen LogP) is 5.04. The molecule has 3 aliphatic rings. The fourth-order valence-electron chi connectivity index (χ4n) is 5.97. The molecule has 1 N–H and O–H groups in total. The molecule has 0 spiro atoms. The molecule has 1 saturated carbocycles. The van der Waals surface area contributed by atoms with Gasteiger partial charge in [0.1, 0.15) is 36.6 Å². The van der Waals surface area contributed by atoms with Crippen LogP contribution in [0.15, 0.2) is 60.7 Å². The molecule has 5 unspecified atom stereocenters. The van der Waals surface area contributed by atoms with Gasteiger partial charge in [0.2, 0.25) is 11.8 Å². The van der Waals surface area contributed by atoms with Crippen molar-refractivity contribution in [2.24, 2.45) is 5.92 Å². The van der Waals surface area contributed by atoms with Gasteiger partial charge in [0.15, 0.2) is 0 Å². The van der Waals surface area contributed by atoms with Gasteiger partial charge in [0, 0.05) is 11.8 Å². The molecule has 3 aromatic rings. The van der Waals surface area contributed by atoms with Crippen LogP contribution in [0.2, 0.25) is 0 Å². The van der Waals surface area contributed by atoms with Crippen LogP contribution in [0.1, 0.15) is 50.2 Å². The number of ether oxygens (including phenoxy) is 4. The number of fused-ring (bicyclic) bond motifs is 5. The number of nitrogens with one attached hydrogen (secondary N) is 1. The number of benzene rings is 2. The summed E-state index contributed by atoms with van der Waals surface area (Å²) in [5.74, 6) is 0.347. The number of hydrogen-bond donors (Lipinski definition) is 1. The van der Waals surface area contributed by atoms with Crippen LogP contribution in [-0.4, -0.2) is 65.8 Å². The number of alkyl carbamates (subject to hydrolysis) is 1. The third-order valence-electron chi connectivity index (χ3n) is 8.42. The molecule has 2 amide bonds. The van der Waals surface area contributed by atoms with Crippen LogP contribution in [0, 0.1) is 5.92 Å². The number of methoxy groups -OCH3 is 1. The quantitative estimate of drug-likeness (QED) is 0.415. The molecular weight excluding hydrogens is 562 g/mol. The van der Waals surface area contributed by atoms with Crippen LogP contribution in [0.25, 0.3) is 17.0 Å². The predicted molar refractivity (Wildman–Crippen MR) is 163 cm³/mol. The van der Waals surface area contributed by atoms with E-state index in [1.54, 1.807) is 6.92 Å². The first kappa shape index (κ1) is 29.5. The Hall–Kier alpha value is -4.60. The SMILES string of the molecule is COC(=O)C1CC2CN1C(=O)C(C)NC(=O)OC1CC1CCCC=Cc1c(nc3ccccc3c1OCc1ccccc1)O2. The maximum Gasteiger partial charge on any atom is 0.408 e. The summed E-state index contributed by atoms with van der Waals surface area (Å²) in [5, 5.41) is 3.49. The largest absolute Gasteiger partial charge is 0.487 e. The molecule has 6 rings (SSSR count). The molecule has 230 valence electrons. The lowest BCUT2D eigenvalue weighted by Crippen LogP contribution is -2.51. The van der Waals surface area contributed by atoms with E-state index in [4.69, 9.17) is 23.9 Å². The van der Waals surface area contributed by atoms with E-state index in [0.29, 0.717) is 35.2 Å². The van der Waals surface area contributed by atoms with Gasteiger partial charge in [-0.15, -0.1) is 0 Å². The van der Waals surface area contributed by atoms with Gasteiger partial charge >= 0.3 is 12.1 Å². The van der Waals surface area contributed by atoms with Gasteiger partial charge < -0.3 is 29.2 Å². The smallest absolute Gasteiger partial charge is 0.408 e. The minimum absolute atomic E-state index is 0.113. The van der Waals surface area contributed by atoms with Crippen LogP contribution < -0.4 is 14.8 Å². The minimum Gasteiger partial charge on any atom is -0.487 e. The number of pyridine rings is 1. The zero-order chi connectivity index (χ0) is 30.6. The molecule has 1 saturated heterocycles. The zero-order valence-electron chi connectivity index (χ0n) is 24.9. The minimum atomic E-state index is -0.903. The Balaban J connectivity index is 1.37. The number of rotatable bonds is 4. The molecule has 3 heterocycles. The van der Waals surface area contributed by atoms with Crippen LogP contribution >= 0.6 is 0 Å². The van der Waals surface area contributed by atoms with Gasteiger partial charge in [-0.1, -0.05) is 48.5 Å². The number of carbonyl (C=O) groups excluding carboxylic acids is 3. The molecule has 44 heavy (non-hydrogen) atoms. The van der Waals surface area contributed by atoms with Gasteiger partial charge in [-0.3, -0.25) is 4.79 Å². The number of para-hydroxylation sites is 1. The molecule has 10 nitrogen and oxygen atoms in total. The van der Waals surface area contributed by atoms with Crippen LogP contribution in [0.4, 0.5) is 4.79 Å². The lowest BCUT2D eigenvalue weighted by Gasteiger charge is -2.25. The fraction of sp³-hybridized carbons (Fsp3) is 0.412. The first-order valence-corrected chi connectivity index (χ1v) is 15.2. The normalized spacial score (nSPS) is 25.4. The summed E-state index contributed by atoms with van der Waals surface area (Å²) in [6.07, 6.45) is 6.41. The van der Waals surface area contributed by atoms with E-state index in [9.17, 15) is 14.4 Å². The van der Waals surface area contributed by atoms with E-state index >= 15 is 0 Å². The Morgan fingerprint density at radius 3 is 2.68 bits per heavy atom. The highest BCUT2D eigenvalue weighted by Crippen LogP contribution is 2.40. The Morgan fingerprint density at radius 1 is 1.07 bits per heavy atom. The van der Waals surface area contributed by atoms with Crippen LogP contribution in [-0.2, 0) is 25.7 Å². The van der Waals surface area contributed by atoms with Crippen LogP contribution in [0.5, 0.6) is 11.6 Å².